The zero-order valence-corrected chi connectivity index (χ0v) is 9.54. The lowest BCUT2D eigenvalue weighted by Crippen LogP contribution is -2.48. The molecule has 0 aliphatic rings. The molecule has 3 N–H and O–H groups in total. The van der Waals surface area contributed by atoms with Crippen LogP contribution < -0.4 is 11.1 Å². The van der Waals surface area contributed by atoms with Crippen molar-refractivity contribution >= 4 is 5.91 Å². The number of carbonyl (C=O) groups is 1. The Morgan fingerprint density at radius 1 is 1.43 bits per heavy atom. The molecule has 0 radical (unpaired) electrons. The minimum Gasteiger partial charge on any atom is -0.380 e. The molecule has 0 spiro atoms. The van der Waals surface area contributed by atoms with Crippen molar-refractivity contribution in [1.29, 1.82) is 0 Å². The third-order valence-electron chi connectivity index (χ3n) is 1.98. The highest BCUT2D eigenvalue weighted by atomic mass is 16.5. The van der Waals surface area contributed by atoms with E-state index < -0.39 is 6.04 Å². The monoisotopic (exact) mass is 202 g/mol. The van der Waals surface area contributed by atoms with Crippen LogP contribution in [-0.4, -0.2) is 31.2 Å². The van der Waals surface area contributed by atoms with Crippen LogP contribution in [0.3, 0.4) is 0 Å². The summed E-state index contributed by atoms with van der Waals surface area (Å²) >= 11 is 0. The number of amides is 1. The molecular formula is C10H22N2O2. The van der Waals surface area contributed by atoms with Crippen LogP contribution in [0.25, 0.3) is 0 Å². The van der Waals surface area contributed by atoms with Gasteiger partial charge in [-0.1, -0.05) is 13.8 Å². The molecule has 4 heteroatoms. The second-order valence-corrected chi connectivity index (χ2v) is 3.84. The Morgan fingerprint density at radius 2 is 2.00 bits per heavy atom. The Labute approximate surface area is 86.2 Å². The molecule has 0 aliphatic heterocycles. The van der Waals surface area contributed by atoms with Crippen molar-refractivity contribution in [2.24, 2.45) is 11.7 Å². The van der Waals surface area contributed by atoms with E-state index in [1.54, 1.807) is 0 Å². The molecule has 0 saturated carbocycles. The van der Waals surface area contributed by atoms with Gasteiger partial charge in [-0.2, -0.15) is 0 Å². The zero-order valence-electron chi connectivity index (χ0n) is 9.54. The summed E-state index contributed by atoms with van der Waals surface area (Å²) in [5.74, 6) is 0.0569. The standard InChI is InChI=1S/C10H22N2O2/c1-5-14-6-8(4)12-10(13)9(11)7(2)3/h7-9H,5-6,11H2,1-4H3,(H,12,13)/t8?,9-/m1/s1. The Bertz CT molecular complexity index is 172. The van der Waals surface area contributed by atoms with Gasteiger partial charge in [0.25, 0.3) is 0 Å². The number of rotatable bonds is 6. The summed E-state index contributed by atoms with van der Waals surface area (Å²) in [4.78, 5) is 11.5. The average molecular weight is 202 g/mol. The van der Waals surface area contributed by atoms with Crippen LogP contribution in [0.4, 0.5) is 0 Å². The normalized spacial score (nSPS) is 15.3. The first kappa shape index (κ1) is 13.4. The molecule has 0 heterocycles. The average Bonchev–Trinajstić information content (AvgIpc) is 2.13. The van der Waals surface area contributed by atoms with Crippen LogP contribution in [0.2, 0.25) is 0 Å². The van der Waals surface area contributed by atoms with Crippen molar-refractivity contribution in [3.05, 3.63) is 0 Å². The van der Waals surface area contributed by atoms with E-state index in [0.717, 1.165) is 0 Å². The zero-order chi connectivity index (χ0) is 11.1. The number of carbonyl (C=O) groups excluding carboxylic acids is 1. The molecule has 0 fully saturated rings. The summed E-state index contributed by atoms with van der Waals surface area (Å²) in [7, 11) is 0. The van der Waals surface area contributed by atoms with E-state index in [9.17, 15) is 4.79 Å². The van der Waals surface area contributed by atoms with E-state index in [4.69, 9.17) is 10.5 Å². The van der Waals surface area contributed by atoms with Crippen molar-refractivity contribution in [3.63, 3.8) is 0 Å². The number of nitrogens with two attached hydrogens (primary N) is 1. The second-order valence-electron chi connectivity index (χ2n) is 3.84. The van der Waals surface area contributed by atoms with Crippen molar-refractivity contribution in [3.8, 4) is 0 Å². The van der Waals surface area contributed by atoms with Gasteiger partial charge in [-0.3, -0.25) is 4.79 Å². The van der Waals surface area contributed by atoms with Crippen molar-refractivity contribution < 1.29 is 9.53 Å². The molecule has 1 unspecified atom stereocenters. The maximum absolute atomic E-state index is 11.5. The lowest BCUT2D eigenvalue weighted by atomic mass is 10.0. The van der Waals surface area contributed by atoms with Crippen molar-refractivity contribution in [2.45, 2.75) is 39.8 Å². The smallest absolute Gasteiger partial charge is 0.237 e. The van der Waals surface area contributed by atoms with Gasteiger partial charge in [-0.15, -0.1) is 0 Å². The third kappa shape index (κ3) is 5.19. The van der Waals surface area contributed by atoms with E-state index in [-0.39, 0.29) is 17.9 Å². The topological polar surface area (TPSA) is 64.3 Å². The fourth-order valence-corrected chi connectivity index (χ4v) is 0.978. The maximum Gasteiger partial charge on any atom is 0.237 e. The largest absolute Gasteiger partial charge is 0.380 e. The number of hydrogen-bond acceptors (Lipinski definition) is 3. The van der Waals surface area contributed by atoms with Gasteiger partial charge in [0.05, 0.1) is 12.6 Å². The molecular weight excluding hydrogens is 180 g/mol. The Morgan fingerprint density at radius 3 is 2.43 bits per heavy atom. The molecule has 0 saturated heterocycles. The summed E-state index contributed by atoms with van der Waals surface area (Å²) in [6.45, 7) is 8.88. The SMILES string of the molecule is CCOCC(C)NC(=O)[C@H](N)C(C)C. The van der Waals surface area contributed by atoms with Gasteiger partial charge in [0, 0.05) is 12.6 Å². The Hall–Kier alpha value is -0.610. The predicted octanol–water partition coefficient (Wildman–Crippen LogP) is 0.511. The van der Waals surface area contributed by atoms with Crippen LogP contribution in [-0.2, 0) is 9.53 Å². The first-order chi connectivity index (χ1) is 6.49. The van der Waals surface area contributed by atoms with Crippen LogP contribution in [0.5, 0.6) is 0 Å². The van der Waals surface area contributed by atoms with Crippen LogP contribution >= 0.6 is 0 Å². The lowest BCUT2D eigenvalue weighted by Gasteiger charge is -2.19. The lowest BCUT2D eigenvalue weighted by molar-refractivity contribution is -0.124. The van der Waals surface area contributed by atoms with Crippen molar-refractivity contribution in [1.82, 2.24) is 5.32 Å². The highest BCUT2D eigenvalue weighted by Crippen LogP contribution is 1.98. The molecule has 14 heavy (non-hydrogen) atoms. The van der Waals surface area contributed by atoms with E-state index in [0.29, 0.717) is 13.2 Å². The van der Waals surface area contributed by atoms with E-state index >= 15 is 0 Å². The van der Waals surface area contributed by atoms with E-state index in [1.807, 2.05) is 27.7 Å². The molecule has 0 aliphatic carbocycles. The first-order valence-corrected chi connectivity index (χ1v) is 5.12. The molecule has 4 nitrogen and oxygen atoms in total. The minimum absolute atomic E-state index is 0.0206. The summed E-state index contributed by atoms with van der Waals surface area (Å²) in [6, 6.07) is -0.411. The Kier molecular flexibility index (Phi) is 6.49. The fraction of sp³-hybridized carbons (Fsp3) is 0.900. The van der Waals surface area contributed by atoms with Crippen LogP contribution in [0.1, 0.15) is 27.7 Å². The number of ether oxygens (including phenoxy) is 1. The second kappa shape index (κ2) is 6.79. The quantitative estimate of drug-likeness (QED) is 0.659. The summed E-state index contributed by atoms with van der Waals surface area (Å²) in [5, 5.41) is 2.81. The molecule has 0 rings (SSSR count). The molecule has 0 aromatic carbocycles. The molecule has 0 aromatic rings. The maximum atomic E-state index is 11.5. The predicted molar refractivity (Wildman–Crippen MR) is 56.9 cm³/mol. The van der Waals surface area contributed by atoms with Gasteiger partial charge in [-0.05, 0) is 19.8 Å². The van der Waals surface area contributed by atoms with Gasteiger partial charge in [0.15, 0.2) is 0 Å². The van der Waals surface area contributed by atoms with Gasteiger partial charge in [-0.25, -0.2) is 0 Å². The van der Waals surface area contributed by atoms with Crippen molar-refractivity contribution in [2.75, 3.05) is 13.2 Å². The minimum atomic E-state index is -0.431. The highest BCUT2D eigenvalue weighted by molar-refractivity contribution is 5.81. The summed E-state index contributed by atoms with van der Waals surface area (Å²) in [6.07, 6.45) is 0. The molecule has 0 aromatic heterocycles. The molecule has 0 bridgehead atoms. The molecule has 2 atom stereocenters. The molecule has 1 amide bonds. The van der Waals surface area contributed by atoms with Crippen LogP contribution in [0, 0.1) is 5.92 Å². The van der Waals surface area contributed by atoms with Gasteiger partial charge < -0.3 is 15.8 Å². The fourth-order valence-electron chi connectivity index (χ4n) is 0.978. The summed E-state index contributed by atoms with van der Waals surface area (Å²) < 4.78 is 5.18. The van der Waals surface area contributed by atoms with E-state index in [1.165, 1.54) is 0 Å². The summed E-state index contributed by atoms with van der Waals surface area (Å²) in [5.41, 5.74) is 5.68. The van der Waals surface area contributed by atoms with E-state index in [2.05, 4.69) is 5.32 Å². The highest BCUT2D eigenvalue weighted by Gasteiger charge is 2.18. The van der Waals surface area contributed by atoms with Crippen LogP contribution in [0.15, 0.2) is 0 Å². The first-order valence-electron chi connectivity index (χ1n) is 5.12. The van der Waals surface area contributed by atoms with Gasteiger partial charge >= 0.3 is 0 Å². The number of nitrogens with one attached hydrogen (secondary N) is 1. The Balaban J connectivity index is 3.81. The number of hydrogen-bond donors (Lipinski definition) is 2. The van der Waals surface area contributed by atoms with Gasteiger partial charge in [0.2, 0.25) is 5.91 Å². The molecule has 84 valence electrons. The van der Waals surface area contributed by atoms with Gasteiger partial charge in [0.1, 0.15) is 0 Å². The third-order valence-corrected chi connectivity index (χ3v) is 1.98.